The minimum absolute atomic E-state index is 0.207. The Balaban J connectivity index is 1.81. The van der Waals surface area contributed by atoms with Gasteiger partial charge in [-0.15, -0.1) is 0 Å². The first-order valence-electron chi connectivity index (χ1n) is 6.99. The summed E-state index contributed by atoms with van der Waals surface area (Å²) in [5, 5.41) is 9.76. The molecule has 0 saturated carbocycles. The lowest BCUT2D eigenvalue weighted by molar-refractivity contribution is 0.0928. The molecule has 2 rings (SSSR count). The van der Waals surface area contributed by atoms with Crippen molar-refractivity contribution in [2.75, 3.05) is 25.5 Å². The van der Waals surface area contributed by atoms with Crippen LogP contribution in [-0.2, 0) is 0 Å². The van der Waals surface area contributed by atoms with Gasteiger partial charge in [0, 0.05) is 30.7 Å². The van der Waals surface area contributed by atoms with E-state index in [1.807, 2.05) is 0 Å². The first-order chi connectivity index (χ1) is 11.0. The van der Waals surface area contributed by atoms with E-state index in [2.05, 4.69) is 20.3 Å². The third-order valence-corrected chi connectivity index (χ3v) is 4.33. The molecule has 0 aliphatic rings. The zero-order chi connectivity index (χ0) is 16.8. The Kier molecular flexibility index (Phi) is 5.95. The summed E-state index contributed by atoms with van der Waals surface area (Å²) in [5.41, 5.74) is 1.75. The molecule has 0 fully saturated rings. The second-order valence-electron chi connectivity index (χ2n) is 4.74. The van der Waals surface area contributed by atoms with Crippen LogP contribution < -0.4 is 16.0 Å². The van der Waals surface area contributed by atoms with Crippen molar-refractivity contribution in [3.05, 3.63) is 46.1 Å². The summed E-state index contributed by atoms with van der Waals surface area (Å²) < 4.78 is 4.15. The summed E-state index contributed by atoms with van der Waals surface area (Å²) in [5.74, 6) is -0.415. The smallest absolute Gasteiger partial charge is 0.256 e. The molecule has 2 amide bonds. The molecular formula is C15H17ClN4O2S. The van der Waals surface area contributed by atoms with Crippen molar-refractivity contribution in [2.45, 2.75) is 6.92 Å². The van der Waals surface area contributed by atoms with E-state index < -0.39 is 0 Å². The SMILES string of the molecule is CNc1snc(C)c1C(=O)NCCNC(=O)c1ccc(Cl)cc1. The number of carbonyl (C=O) groups excluding carboxylic acids is 2. The molecule has 1 aromatic carbocycles. The van der Waals surface area contributed by atoms with Gasteiger partial charge in [-0.1, -0.05) is 11.6 Å². The van der Waals surface area contributed by atoms with Crippen molar-refractivity contribution in [3.63, 3.8) is 0 Å². The Labute approximate surface area is 143 Å². The number of rotatable bonds is 6. The maximum atomic E-state index is 12.1. The second-order valence-corrected chi connectivity index (χ2v) is 5.95. The molecule has 0 aliphatic heterocycles. The first kappa shape index (κ1) is 17.2. The van der Waals surface area contributed by atoms with Crippen LogP contribution in [0.3, 0.4) is 0 Å². The quantitative estimate of drug-likeness (QED) is 0.697. The molecule has 0 radical (unpaired) electrons. The van der Waals surface area contributed by atoms with Crippen LogP contribution in [0.15, 0.2) is 24.3 Å². The molecule has 1 aromatic heterocycles. The van der Waals surface area contributed by atoms with Crippen molar-refractivity contribution in [1.29, 1.82) is 0 Å². The number of aryl methyl sites for hydroxylation is 1. The van der Waals surface area contributed by atoms with E-state index in [0.717, 1.165) is 5.00 Å². The van der Waals surface area contributed by atoms with Gasteiger partial charge in [0.1, 0.15) is 5.00 Å². The molecule has 122 valence electrons. The van der Waals surface area contributed by atoms with Gasteiger partial charge in [-0.25, -0.2) is 0 Å². The third-order valence-electron chi connectivity index (χ3n) is 3.12. The topological polar surface area (TPSA) is 83.1 Å². The Bertz CT molecular complexity index is 700. The van der Waals surface area contributed by atoms with Crippen LogP contribution in [-0.4, -0.2) is 36.3 Å². The number of hydrogen-bond acceptors (Lipinski definition) is 5. The molecule has 8 heteroatoms. The summed E-state index contributed by atoms with van der Waals surface area (Å²) in [6.45, 7) is 2.45. The minimum Gasteiger partial charge on any atom is -0.378 e. The summed E-state index contributed by atoms with van der Waals surface area (Å²) in [6.07, 6.45) is 0. The van der Waals surface area contributed by atoms with Gasteiger partial charge in [-0.2, -0.15) is 4.37 Å². The normalized spacial score (nSPS) is 10.2. The summed E-state index contributed by atoms with van der Waals surface area (Å²) in [7, 11) is 1.75. The standard InChI is InChI=1S/C15H17ClN4O2S/c1-9-12(15(17-2)23-20-9)14(22)19-8-7-18-13(21)10-3-5-11(16)6-4-10/h3-6,17H,7-8H2,1-2H3,(H,18,21)(H,19,22). The van der Waals surface area contributed by atoms with Crippen molar-refractivity contribution in [2.24, 2.45) is 0 Å². The van der Waals surface area contributed by atoms with Gasteiger partial charge >= 0.3 is 0 Å². The van der Waals surface area contributed by atoms with Gasteiger partial charge in [-0.3, -0.25) is 9.59 Å². The maximum Gasteiger partial charge on any atom is 0.256 e. The van der Waals surface area contributed by atoms with Crippen LogP contribution in [0.5, 0.6) is 0 Å². The van der Waals surface area contributed by atoms with Gasteiger partial charge in [-0.05, 0) is 42.7 Å². The molecule has 23 heavy (non-hydrogen) atoms. The first-order valence-corrected chi connectivity index (χ1v) is 8.14. The lowest BCUT2D eigenvalue weighted by Crippen LogP contribution is -2.35. The number of anilines is 1. The molecule has 0 spiro atoms. The fraction of sp³-hybridized carbons (Fsp3) is 0.267. The van der Waals surface area contributed by atoms with E-state index in [0.29, 0.717) is 34.9 Å². The molecule has 0 unspecified atom stereocenters. The molecule has 0 aliphatic carbocycles. The van der Waals surface area contributed by atoms with E-state index in [4.69, 9.17) is 11.6 Å². The number of aromatic nitrogens is 1. The van der Waals surface area contributed by atoms with Gasteiger partial charge in [0.25, 0.3) is 11.8 Å². The van der Waals surface area contributed by atoms with Gasteiger partial charge in [0.05, 0.1) is 11.3 Å². The average Bonchev–Trinajstić information content (AvgIpc) is 2.92. The summed E-state index contributed by atoms with van der Waals surface area (Å²) >= 11 is 7.02. The molecule has 6 nitrogen and oxygen atoms in total. The largest absolute Gasteiger partial charge is 0.378 e. The van der Waals surface area contributed by atoms with E-state index in [-0.39, 0.29) is 11.8 Å². The number of amides is 2. The van der Waals surface area contributed by atoms with Crippen molar-refractivity contribution in [1.82, 2.24) is 15.0 Å². The molecule has 0 bridgehead atoms. The Morgan fingerprint density at radius 2 is 1.74 bits per heavy atom. The Morgan fingerprint density at radius 3 is 2.35 bits per heavy atom. The summed E-state index contributed by atoms with van der Waals surface area (Å²) in [4.78, 5) is 24.0. The lowest BCUT2D eigenvalue weighted by atomic mass is 10.2. The van der Waals surface area contributed by atoms with Crippen LogP contribution in [0.2, 0.25) is 5.02 Å². The monoisotopic (exact) mass is 352 g/mol. The van der Waals surface area contributed by atoms with E-state index in [9.17, 15) is 9.59 Å². The number of carbonyl (C=O) groups is 2. The van der Waals surface area contributed by atoms with Crippen molar-refractivity contribution < 1.29 is 9.59 Å². The van der Waals surface area contributed by atoms with E-state index in [1.54, 1.807) is 38.2 Å². The van der Waals surface area contributed by atoms with Crippen molar-refractivity contribution >= 4 is 39.9 Å². The molecule has 2 aromatic rings. The van der Waals surface area contributed by atoms with Crippen molar-refractivity contribution in [3.8, 4) is 0 Å². The van der Waals surface area contributed by atoms with Crippen LogP contribution in [0.1, 0.15) is 26.4 Å². The highest BCUT2D eigenvalue weighted by Crippen LogP contribution is 2.23. The van der Waals surface area contributed by atoms with Crippen LogP contribution >= 0.6 is 23.1 Å². The van der Waals surface area contributed by atoms with Gasteiger partial charge in [0.15, 0.2) is 0 Å². The van der Waals surface area contributed by atoms with Crippen LogP contribution in [0.25, 0.3) is 0 Å². The van der Waals surface area contributed by atoms with Crippen LogP contribution in [0.4, 0.5) is 5.00 Å². The fourth-order valence-corrected chi connectivity index (χ4v) is 2.82. The highest BCUT2D eigenvalue weighted by atomic mass is 35.5. The molecule has 3 N–H and O–H groups in total. The summed E-state index contributed by atoms with van der Waals surface area (Å²) in [6, 6.07) is 6.61. The van der Waals surface area contributed by atoms with Crippen LogP contribution in [0, 0.1) is 6.92 Å². The fourth-order valence-electron chi connectivity index (χ4n) is 1.95. The van der Waals surface area contributed by atoms with E-state index in [1.165, 1.54) is 11.5 Å². The highest BCUT2D eigenvalue weighted by Gasteiger charge is 2.17. The Morgan fingerprint density at radius 1 is 1.13 bits per heavy atom. The van der Waals surface area contributed by atoms with Gasteiger partial charge < -0.3 is 16.0 Å². The lowest BCUT2D eigenvalue weighted by Gasteiger charge is -2.08. The maximum absolute atomic E-state index is 12.1. The highest BCUT2D eigenvalue weighted by molar-refractivity contribution is 7.10. The molecule has 0 saturated heterocycles. The number of nitrogens with zero attached hydrogens (tertiary/aromatic N) is 1. The van der Waals surface area contributed by atoms with E-state index >= 15 is 0 Å². The average molecular weight is 353 g/mol. The number of nitrogens with one attached hydrogen (secondary N) is 3. The number of hydrogen-bond donors (Lipinski definition) is 3. The third kappa shape index (κ3) is 4.43. The minimum atomic E-state index is -0.208. The number of benzene rings is 1. The molecule has 0 atom stereocenters. The molecule has 1 heterocycles. The number of halogens is 1. The predicted octanol–water partition coefficient (Wildman–Crippen LogP) is 2.31. The van der Waals surface area contributed by atoms with Gasteiger partial charge in [0.2, 0.25) is 0 Å². The Hall–Kier alpha value is -2.12. The zero-order valence-electron chi connectivity index (χ0n) is 12.8. The second kappa shape index (κ2) is 7.94. The zero-order valence-corrected chi connectivity index (χ0v) is 14.3. The molecular weight excluding hydrogens is 336 g/mol. The predicted molar refractivity (Wildman–Crippen MR) is 92.5 cm³/mol.